The summed E-state index contributed by atoms with van der Waals surface area (Å²) in [5.41, 5.74) is 4.81. The van der Waals surface area contributed by atoms with Gasteiger partial charge in [-0.15, -0.1) is 11.3 Å². The van der Waals surface area contributed by atoms with Crippen molar-refractivity contribution in [1.29, 1.82) is 0 Å². The van der Waals surface area contributed by atoms with Crippen molar-refractivity contribution in [2.75, 3.05) is 0 Å². The second-order valence-electron chi connectivity index (χ2n) is 4.05. The minimum atomic E-state index is -1.10. The highest BCUT2D eigenvalue weighted by atomic mass is 32.1. The van der Waals surface area contributed by atoms with E-state index in [4.69, 9.17) is 10.5 Å². The molecule has 0 bridgehead atoms. The monoisotopic (exact) mass is 292 g/mol. The lowest BCUT2D eigenvalue weighted by Gasteiger charge is -2.10. The van der Waals surface area contributed by atoms with E-state index < -0.39 is 24.0 Å². The summed E-state index contributed by atoms with van der Waals surface area (Å²) in [6, 6.07) is 8.22. The van der Waals surface area contributed by atoms with Crippen LogP contribution in [0.1, 0.15) is 16.6 Å². The number of nitrogens with one attached hydrogen (secondary N) is 1. The fourth-order valence-electron chi connectivity index (χ4n) is 1.58. The number of rotatable bonds is 3. The molecule has 1 heterocycles. The molecule has 0 saturated carbocycles. The molecule has 3 N–H and O–H groups in total. The third kappa shape index (κ3) is 3.12. The van der Waals surface area contributed by atoms with Crippen LogP contribution in [-0.4, -0.2) is 24.0 Å². The largest absolute Gasteiger partial charge is 0.448 e. The highest BCUT2D eigenvalue weighted by molar-refractivity contribution is 7.20. The number of benzene rings is 1. The van der Waals surface area contributed by atoms with E-state index in [2.05, 4.69) is 0 Å². The number of urea groups is 1. The fraction of sp³-hybridized carbons (Fsp3) is 0.154. The molecule has 0 aliphatic heterocycles. The van der Waals surface area contributed by atoms with Crippen molar-refractivity contribution in [2.24, 2.45) is 5.73 Å². The topological polar surface area (TPSA) is 98.5 Å². The third-order valence-electron chi connectivity index (χ3n) is 2.53. The summed E-state index contributed by atoms with van der Waals surface area (Å²) in [5.74, 6) is -1.37. The van der Waals surface area contributed by atoms with Crippen LogP contribution in [0, 0.1) is 0 Å². The molecule has 20 heavy (non-hydrogen) atoms. The number of ether oxygens (including phenoxy) is 1. The zero-order chi connectivity index (χ0) is 14.7. The maximum absolute atomic E-state index is 11.9. The van der Waals surface area contributed by atoms with Crippen molar-refractivity contribution in [3.8, 4) is 0 Å². The Balaban J connectivity index is 2.08. The molecule has 6 nitrogen and oxygen atoms in total. The summed E-state index contributed by atoms with van der Waals surface area (Å²) in [7, 11) is 0. The van der Waals surface area contributed by atoms with E-state index in [1.165, 1.54) is 18.3 Å². The second-order valence-corrected chi connectivity index (χ2v) is 5.13. The Hall–Kier alpha value is -2.41. The van der Waals surface area contributed by atoms with Crippen molar-refractivity contribution < 1.29 is 19.1 Å². The smallest absolute Gasteiger partial charge is 0.349 e. The Morgan fingerprint density at radius 2 is 2.00 bits per heavy atom. The Morgan fingerprint density at radius 3 is 2.65 bits per heavy atom. The van der Waals surface area contributed by atoms with Gasteiger partial charge in [0.2, 0.25) is 0 Å². The van der Waals surface area contributed by atoms with E-state index in [-0.39, 0.29) is 0 Å². The number of fused-ring (bicyclic) bond motifs is 1. The van der Waals surface area contributed by atoms with E-state index in [9.17, 15) is 14.4 Å². The van der Waals surface area contributed by atoms with Crippen LogP contribution in [0.3, 0.4) is 0 Å². The van der Waals surface area contributed by atoms with Crippen LogP contribution in [0.25, 0.3) is 10.1 Å². The predicted molar refractivity (Wildman–Crippen MR) is 74.4 cm³/mol. The molecule has 0 saturated heterocycles. The Labute approximate surface area is 118 Å². The zero-order valence-electron chi connectivity index (χ0n) is 10.6. The molecule has 0 fully saturated rings. The number of thiophene rings is 1. The summed E-state index contributed by atoms with van der Waals surface area (Å²) in [6.07, 6.45) is -1.10. The number of carbonyl (C=O) groups excluding carboxylic acids is 3. The lowest BCUT2D eigenvalue weighted by molar-refractivity contribution is -0.127. The number of nitrogens with two attached hydrogens (primary N) is 1. The van der Waals surface area contributed by atoms with Gasteiger partial charge >= 0.3 is 12.0 Å². The van der Waals surface area contributed by atoms with Crippen molar-refractivity contribution in [3.63, 3.8) is 0 Å². The van der Waals surface area contributed by atoms with Gasteiger partial charge in [-0.1, -0.05) is 18.2 Å². The number of imide groups is 1. The first-order valence-corrected chi connectivity index (χ1v) is 6.59. The fourth-order valence-corrected chi connectivity index (χ4v) is 2.52. The summed E-state index contributed by atoms with van der Waals surface area (Å²) >= 11 is 1.28. The molecule has 2 aromatic rings. The Bertz CT molecular complexity index is 647. The quantitative estimate of drug-likeness (QED) is 0.840. The first-order valence-electron chi connectivity index (χ1n) is 5.77. The van der Waals surface area contributed by atoms with E-state index in [0.29, 0.717) is 4.88 Å². The second kappa shape index (κ2) is 5.70. The number of esters is 1. The lowest BCUT2D eigenvalue weighted by atomic mass is 10.2. The number of amides is 3. The molecule has 104 valence electrons. The van der Waals surface area contributed by atoms with Crippen molar-refractivity contribution >= 4 is 39.3 Å². The summed E-state index contributed by atoms with van der Waals surface area (Å²) in [6.45, 7) is 1.36. The summed E-state index contributed by atoms with van der Waals surface area (Å²) in [4.78, 5) is 34.2. The molecular formula is C13H12N2O4S. The molecule has 0 unspecified atom stereocenters. The molecule has 0 aliphatic carbocycles. The van der Waals surface area contributed by atoms with Gasteiger partial charge < -0.3 is 10.5 Å². The van der Waals surface area contributed by atoms with Crippen molar-refractivity contribution in [2.45, 2.75) is 13.0 Å². The normalized spacial score (nSPS) is 11.8. The van der Waals surface area contributed by atoms with Crippen LogP contribution >= 0.6 is 11.3 Å². The first-order chi connectivity index (χ1) is 9.47. The van der Waals surface area contributed by atoms with Crippen LogP contribution in [0.15, 0.2) is 30.3 Å². The maximum atomic E-state index is 11.9. The molecule has 3 amide bonds. The minimum Gasteiger partial charge on any atom is -0.448 e. The molecule has 1 atom stereocenters. The number of hydrogen-bond acceptors (Lipinski definition) is 5. The van der Waals surface area contributed by atoms with Gasteiger partial charge in [-0.25, -0.2) is 9.59 Å². The number of primary amides is 1. The average Bonchev–Trinajstić information content (AvgIpc) is 2.81. The standard InChI is InChI=1S/C13H12N2O4S/c1-7(11(16)15-13(14)18)19-12(17)10-6-8-4-2-3-5-9(8)20-10/h2-7H,1H3,(H3,14,15,16,18)/t7-/m0/s1. The maximum Gasteiger partial charge on any atom is 0.349 e. The van der Waals surface area contributed by atoms with Crippen LogP contribution in [0.5, 0.6) is 0 Å². The Morgan fingerprint density at radius 1 is 1.30 bits per heavy atom. The van der Waals surface area contributed by atoms with E-state index in [1.54, 1.807) is 6.07 Å². The molecule has 2 rings (SSSR count). The molecule has 7 heteroatoms. The average molecular weight is 292 g/mol. The van der Waals surface area contributed by atoms with Crippen molar-refractivity contribution in [1.82, 2.24) is 5.32 Å². The number of hydrogen-bond donors (Lipinski definition) is 2. The van der Waals surface area contributed by atoms with E-state index >= 15 is 0 Å². The lowest BCUT2D eigenvalue weighted by Crippen LogP contribution is -2.42. The molecular weight excluding hydrogens is 280 g/mol. The SMILES string of the molecule is C[C@H](OC(=O)c1cc2ccccc2s1)C(=O)NC(N)=O. The van der Waals surface area contributed by atoms with E-state index in [0.717, 1.165) is 10.1 Å². The van der Waals surface area contributed by atoms with Crippen LogP contribution in [0.2, 0.25) is 0 Å². The van der Waals surface area contributed by atoms with Crippen LogP contribution in [-0.2, 0) is 9.53 Å². The third-order valence-corrected chi connectivity index (χ3v) is 3.62. The first kappa shape index (κ1) is 14.0. The zero-order valence-corrected chi connectivity index (χ0v) is 11.4. The van der Waals surface area contributed by atoms with Gasteiger partial charge in [0.15, 0.2) is 6.10 Å². The van der Waals surface area contributed by atoms with Gasteiger partial charge in [-0.3, -0.25) is 10.1 Å². The number of carbonyl (C=O) groups is 3. The van der Waals surface area contributed by atoms with Crippen LogP contribution in [0.4, 0.5) is 4.79 Å². The van der Waals surface area contributed by atoms with Gasteiger partial charge in [-0.2, -0.15) is 0 Å². The van der Waals surface area contributed by atoms with Gasteiger partial charge in [0.05, 0.1) is 0 Å². The highest BCUT2D eigenvalue weighted by Crippen LogP contribution is 2.25. The summed E-state index contributed by atoms with van der Waals surface area (Å²) in [5, 5.41) is 2.78. The van der Waals surface area contributed by atoms with E-state index in [1.807, 2.05) is 29.6 Å². The molecule has 0 radical (unpaired) electrons. The highest BCUT2D eigenvalue weighted by Gasteiger charge is 2.21. The predicted octanol–water partition coefficient (Wildman–Crippen LogP) is 1.64. The van der Waals surface area contributed by atoms with Crippen molar-refractivity contribution in [3.05, 3.63) is 35.2 Å². The van der Waals surface area contributed by atoms with Crippen LogP contribution < -0.4 is 11.1 Å². The Kier molecular flexibility index (Phi) is 3.99. The van der Waals surface area contributed by atoms with Gasteiger partial charge in [0.25, 0.3) is 5.91 Å². The molecule has 1 aromatic carbocycles. The molecule has 0 spiro atoms. The van der Waals surface area contributed by atoms with Gasteiger partial charge in [0.1, 0.15) is 4.88 Å². The van der Waals surface area contributed by atoms with Gasteiger partial charge in [-0.05, 0) is 24.4 Å². The molecule has 0 aliphatic rings. The summed E-state index contributed by atoms with van der Waals surface area (Å²) < 4.78 is 5.93. The minimum absolute atomic E-state index is 0.393. The molecule has 1 aromatic heterocycles. The van der Waals surface area contributed by atoms with Gasteiger partial charge in [0, 0.05) is 4.70 Å².